The quantitative estimate of drug-likeness (QED) is 0.741. The van der Waals surface area contributed by atoms with Gasteiger partial charge in [-0.25, -0.2) is 0 Å². The van der Waals surface area contributed by atoms with Crippen LogP contribution in [0.3, 0.4) is 0 Å². The van der Waals surface area contributed by atoms with Crippen LogP contribution in [-0.4, -0.2) is 27.4 Å². The largest absolute Gasteiger partial charge is 0.496 e. The zero-order chi connectivity index (χ0) is 15.0. The van der Waals surface area contributed by atoms with Crippen LogP contribution in [0.25, 0.3) is 0 Å². The summed E-state index contributed by atoms with van der Waals surface area (Å²) in [6.07, 6.45) is 7.50. The van der Waals surface area contributed by atoms with Crippen LogP contribution < -0.4 is 19.5 Å². The van der Waals surface area contributed by atoms with E-state index in [9.17, 15) is 0 Å². The van der Waals surface area contributed by atoms with E-state index in [1.54, 1.807) is 21.3 Å². The number of benzene rings is 1. The minimum Gasteiger partial charge on any atom is -0.496 e. The molecule has 1 aromatic rings. The summed E-state index contributed by atoms with van der Waals surface area (Å²) < 4.78 is 16.0. The average Bonchev–Trinajstić information content (AvgIpc) is 2.50. The Kier molecular flexibility index (Phi) is 6.75. The summed E-state index contributed by atoms with van der Waals surface area (Å²) in [5, 5.41) is 3.34. The molecule has 0 spiro atoms. The second-order valence-electron chi connectivity index (χ2n) is 4.40. The van der Waals surface area contributed by atoms with Crippen LogP contribution in [0.5, 0.6) is 17.2 Å². The predicted molar refractivity (Wildman–Crippen MR) is 80.5 cm³/mol. The van der Waals surface area contributed by atoms with E-state index < -0.39 is 0 Å². The van der Waals surface area contributed by atoms with Gasteiger partial charge in [0.25, 0.3) is 0 Å². The van der Waals surface area contributed by atoms with Gasteiger partial charge in [0.05, 0.1) is 32.9 Å². The second-order valence-corrected chi connectivity index (χ2v) is 4.40. The predicted octanol–water partition coefficient (Wildman–Crippen LogP) is 2.60. The van der Waals surface area contributed by atoms with E-state index in [-0.39, 0.29) is 6.04 Å². The molecule has 1 atom stereocenters. The minimum atomic E-state index is 0.0523. The van der Waals surface area contributed by atoms with Crippen molar-refractivity contribution in [3.63, 3.8) is 0 Å². The maximum Gasteiger partial charge on any atom is 0.130 e. The molecule has 1 unspecified atom stereocenters. The first kappa shape index (κ1) is 16.2. The molecule has 0 aliphatic carbocycles. The Labute approximate surface area is 121 Å². The van der Waals surface area contributed by atoms with Crippen molar-refractivity contribution < 1.29 is 14.2 Å². The van der Waals surface area contributed by atoms with E-state index in [4.69, 9.17) is 20.6 Å². The van der Waals surface area contributed by atoms with Gasteiger partial charge < -0.3 is 14.2 Å². The third-order valence-corrected chi connectivity index (χ3v) is 3.12. The molecule has 1 aromatic carbocycles. The SMILES string of the molecule is C#CC(CCC)NCc1c(OC)cc(OC)cc1OC. The first-order valence-electron chi connectivity index (χ1n) is 6.68. The molecule has 0 radical (unpaired) electrons. The van der Waals surface area contributed by atoms with Crippen LogP contribution in [-0.2, 0) is 6.54 Å². The summed E-state index contributed by atoms with van der Waals surface area (Å²) in [5.74, 6) is 4.90. The first-order chi connectivity index (χ1) is 9.69. The fourth-order valence-corrected chi connectivity index (χ4v) is 2.01. The molecule has 0 aliphatic rings. The number of methoxy groups -OCH3 is 3. The third-order valence-electron chi connectivity index (χ3n) is 3.12. The highest BCUT2D eigenvalue weighted by Gasteiger charge is 2.14. The molecule has 1 N–H and O–H groups in total. The van der Waals surface area contributed by atoms with Crippen molar-refractivity contribution >= 4 is 0 Å². The molecule has 0 amide bonds. The van der Waals surface area contributed by atoms with Gasteiger partial charge in [-0.1, -0.05) is 19.3 Å². The summed E-state index contributed by atoms with van der Waals surface area (Å²) in [4.78, 5) is 0. The minimum absolute atomic E-state index is 0.0523. The van der Waals surface area contributed by atoms with Gasteiger partial charge in [0, 0.05) is 18.7 Å². The Morgan fingerprint density at radius 1 is 1.15 bits per heavy atom. The second kappa shape index (κ2) is 8.34. The standard InChI is InChI=1S/C16H23NO3/c1-6-8-12(7-2)17-11-14-15(19-4)9-13(18-3)10-16(14)20-5/h2,9-10,12,17H,6,8,11H2,1,3-5H3. The average molecular weight is 277 g/mol. The lowest BCUT2D eigenvalue weighted by Gasteiger charge is -2.17. The molecule has 0 aliphatic heterocycles. The van der Waals surface area contributed by atoms with Gasteiger partial charge in [0.15, 0.2) is 0 Å². The van der Waals surface area contributed by atoms with Crippen LogP contribution >= 0.6 is 0 Å². The molecule has 0 saturated heterocycles. The van der Waals surface area contributed by atoms with Crippen molar-refractivity contribution in [1.29, 1.82) is 0 Å². The van der Waals surface area contributed by atoms with Crippen molar-refractivity contribution in [2.75, 3.05) is 21.3 Å². The Morgan fingerprint density at radius 3 is 2.15 bits per heavy atom. The maximum absolute atomic E-state index is 5.51. The summed E-state index contributed by atoms with van der Waals surface area (Å²) in [6.45, 7) is 2.70. The number of rotatable bonds is 8. The lowest BCUT2D eigenvalue weighted by Crippen LogP contribution is -2.27. The fraction of sp³-hybridized carbons (Fsp3) is 0.500. The molecule has 0 aromatic heterocycles. The molecular formula is C16H23NO3. The zero-order valence-electron chi connectivity index (χ0n) is 12.7. The van der Waals surface area contributed by atoms with E-state index in [1.165, 1.54) is 0 Å². The van der Waals surface area contributed by atoms with Crippen LogP contribution in [0, 0.1) is 12.3 Å². The normalized spacial score (nSPS) is 11.6. The molecule has 4 nitrogen and oxygen atoms in total. The van der Waals surface area contributed by atoms with Gasteiger partial charge in [-0.3, -0.25) is 5.32 Å². The Balaban J connectivity index is 2.95. The van der Waals surface area contributed by atoms with Crippen LogP contribution in [0.15, 0.2) is 12.1 Å². The first-order valence-corrected chi connectivity index (χ1v) is 6.68. The smallest absolute Gasteiger partial charge is 0.130 e. The molecule has 1 rings (SSSR count). The summed E-state index contributed by atoms with van der Waals surface area (Å²) in [6, 6.07) is 3.73. The molecular weight excluding hydrogens is 254 g/mol. The monoisotopic (exact) mass is 277 g/mol. The Hall–Kier alpha value is -1.86. The van der Waals surface area contributed by atoms with Crippen molar-refractivity contribution in [1.82, 2.24) is 5.32 Å². The van der Waals surface area contributed by atoms with E-state index >= 15 is 0 Å². The third kappa shape index (κ3) is 4.07. The zero-order valence-corrected chi connectivity index (χ0v) is 12.7. The molecule has 0 fully saturated rings. The summed E-state index contributed by atoms with van der Waals surface area (Å²) >= 11 is 0. The highest BCUT2D eigenvalue weighted by molar-refractivity contribution is 5.50. The molecule has 4 heteroatoms. The molecule has 0 saturated carbocycles. The van der Waals surface area contributed by atoms with Crippen molar-refractivity contribution in [3.05, 3.63) is 17.7 Å². The van der Waals surface area contributed by atoms with Gasteiger partial charge in [0.1, 0.15) is 17.2 Å². The van der Waals surface area contributed by atoms with Gasteiger partial charge >= 0.3 is 0 Å². The van der Waals surface area contributed by atoms with Crippen LogP contribution in [0.2, 0.25) is 0 Å². The summed E-state index contributed by atoms with van der Waals surface area (Å²) in [7, 11) is 4.87. The van der Waals surface area contributed by atoms with Gasteiger partial charge in [0.2, 0.25) is 0 Å². The van der Waals surface area contributed by atoms with Gasteiger partial charge in [-0.05, 0) is 6.42 Å². The fourth-order valence-electron chi connectivity index (χ4n) is 2.01. The number of ether oxygens (including phenoxy) is 3. The molecule has 110 valence electrons. The topological polar surface area (TPSA) is 39.7 Å². The van der Waals surface area contributed by atoms with E-state index in [2.05, 4.69) is 18.2 Å². The van der Waals surface area contributed by atoms with Crippen LogP contribution in [0.1, 0.15) is 25.3 Å². The number of terminal acetylenes is 1. The number of hydrogen-bond donors (Lipinski definition) is 1. The molecule has 0 heterocycles. The Bertz CT molecular complexity index is 440. The van der Waals surface area contributed by atoms with Crippen LogP contribution in [0.4, 0.5) is 0 Å². The van der Waals surface area contributed by atoms with E-state index in [1.807, 2.05) is 12.1 Å². The van der Waals surface area contributed by atoms with Crippen molar-refractivity contribution in [2.45, 2.75) is 32.4 Å². The lowest BCUT2D eigenvalue weighted by molar-refractivity contribution is 0.365. The van der Waals surface area contributed by atoms with Crippen molar-refractivity contribution in [3.8, 4) is 29.6 Å². The maximum atomic E-state index is 5.51. The molecule has 0 bridgehead atoms. The van der Waals surface area contributed by atoms with Gasteiger partial charge in [-0.2, -0.15) is 0 Å². The highest BCUT2D eigenvalue weighted by Crippen LogP contribution is 2.33. The Morgan fingerprint density at radius 2 is 1.75 bits per heavy atom. The summed E-state index contributed by atoms with van der Waals surface area (Å²) in [5.41, 5.74) is 0.937. The number of nitrogens with one attached hydrogen (secondary N) is 1. The van der Waals surface area contributed by atoms with Gasteiger partial charge in [-0.15, -0.1) is 6.42 Å². The van der Waals surface area contributed by atoms with E-state index in [0.717, 1.165) is 29.9 Å². The highest BCUT2D eigenvalue weighted by atomic mass is 16.5. The van der Waals surface area contributed by atoms with Crippen molar-refractivity contribution in [2.24, 2.45) is 0 Å². The lowest BCUT2D eigenvalue weighted by atomic mass is 10.1. The molecule has 20 heavy (non-hydrogen) atoms. The number of hydrogen-bond acceptors (Lipinski definition) is 4. The van der Waals surface area contributed by atoms with E-state index in [0.29, 0.717) is 12.3 Å².